The van der Waals surface area contributed by atoms with Gasteiger partial charge in [-0.3, -0.25) is 5.32 Å². The van der Waals surface area contributed by atoms with Crippen LogP contribution in [0.4, 0.5) is 4.79 Å². The number of carbonyl (C=O) groups is 1. The van der Waals surface area contributed by atoms with E-state index in [9.17, 15) is 4.79 Å². The normalized spacial score (nSPS) is 22.8. The van der Waals surface area contributed by atoms with Crippen LogP contribution in [0.2, 0.25) is 0 Å². The Hall–Kier alpha value is -2.01. The molecular weight excluding hydrogens is 302 g/mol. The molecule has 1 saturated heterocycles. The lowest BCUT2D eigenvalue weighted by Crippen LogP contribution is -2.37. The first-order valence-corrected chi connectivity index (χ1v) is 8.73. The molecule has 2 heterocycles. The van der Waals surface area contributed by atoms with E-state index in [1.54, 1.807) is 4.90 Å². The van der Waals surface area contributed by atoms with Gasteiger partial charge >= 0.3 is 6.09 Å². The van der Waals surface area contributed by atoms with Gasteiger partial charge in [0.2, 0.25) is 0 Å². The number of cyclic esters (lactones) is 1. The Labute approximate surface area is 144 Å². The van der Waals surface area contributed by atoms with E-state index in [0.717, 1.165) is 6.42 Å². The maximum absolute atomic E-state index is 11.9. The van der Waals surface area contributed by atoms with E-state index in [-0.39, 0.29) is 24.4 Å². The van der Waals surface area contributed by atoms with Crippen LogP contribution in [0, 0.1) is 0 Å². The molecule has 2 aliphatic heterocycles. The zero-order chi connectivity index (χ0) is 17.3. The van der Waals surface area contributed by atoms with Crippen molar-refractivity contribution in [2.24, 2.45) is 0 Å². The van der Waals surface area contributed by atoms with Crippen molar-refractivity contribution in [3.8, 4) is 0 Å². The van der Waals surface area contributed by atoms with Gasteiger partial charge in [0.15, 0.2) is 0 Å². The highest BCUT2D eigenvalue weighted by atomic mass is 16.6. The van der Waals surface area contributed by atoms with E-state index < -0.39 is 0 Å². The number of amides is 1. The number of carbonyl (C=O) groups excluding carboxylic acids is 1. The zero-order valence-corrected chi connectivity index (χ0v) is 14.9. The average molecular weight is 329 g/mol. The third-order valence-corrected chi connectivity index (χ3v) is 4.53. The van der Waals surface area contributed by atoms with Crippen molar-refractivity contribution in [3.05, 3.63) is 41.1 Å². The SMILES string of the molecule is CC(C)NC1NC=Cc2c(CC3CN(C(C)C)C(=O)O3)cccc21. The van der Waals surface area contributed by atoms with Crippen LogP contribution < -0.4 is 10.6 Å². The molecule has 0 aliphatic carbocycles. The lowest BCUT2D eigenvalue weighted by atomic mass is 9.93. The number of ether oxygens (including phenoxy) is 1. The molecular formula is C19H27N3O2. The Morgan fingerprint density at radius 1 is 1.33 bits per heavy atom. The minimum atomic E-state index is -0.198. The highest BCUT2D eigenvalue weighted by Crippen LogP contribution is 2.28. The molecule has 0 spiro atoms. The van der Waals surface area contributed by atoms with Crippen LogP contribution >= 0.6 is 0 Å². The van der Waals surface area contributed by atoms with E-state index in [2.05, 4.69) is 48.8 Å². The van der Waals surface area contributed by atoms with E-state index in [4.69, 9.17) is 4.74 Å². The molecule has 1 fully saturated rings. The topological polar surface area (TPSA) is 53.6 Å². The number of hydrogen-bond acceptors (Lipinski definition) is 4. The highest BCUT2D eigenvalue weighted by Gasteiger charge is 2.33. The maximum Gasteiger partial charge on any atom is 0.410 e. The molecule has 0 aromatic heterocycles. The molecule has 1 aromatic carbocycles. The van der Waals surface area contributed by atoms with Crippen molar-refractivity contribution in [2.75, 3.05) is 6.54 Å². The third-order valence-electron chi connectivity index (χ3n) is 4.53. The van der Waals surface area contributed by atoms with E-state index in [0.29, 0.717) is 12.6 Å². The molecule has 1 aromatic rings. The van der Waals surface area contributed by atoms with E-state index >= 15 is 0 Å². The van der Waals surface area contributed by atoms with Crippen molar-refractivity contribution in [1.82, 2.24) is 15.5 Å². The number of nitrogens with zero attached hydrogens (tertiary/aromatic N) is 1. The molecule has 5 heteroatoms. The summed E-state index contributed by atoms with van der Waals surface area (Å²) in [5, 5.41) is 6.90. The lowest BCUT2D eigenvalue weighted by Gasteiger charge is -2.28. The fraction of sp³-hybridized carbons (Fsp3) is 0.526. The maximum atomic E-state index is 11.9. The first-order valence-electron chi connectivity index (χ1n) is 8.73. The second-order valence-corrected chi connectivity index (χ2v) is 7.13. The van der Waals surface area contributed by atoms with Crippen molar-refractivity contribution in [3.63, 3.8) is 0 Å². The van der Waals surface area contributed by atoms with Crippen molar-refractivity contribution in [2.45, 2.75) is 58.5 Å². The van der Waals surface area contributed by atoms with Crippen LogP contribution in [0.3, 0.4) is 0 Å². The zero-order valence-electron chi connectivity index (χ0n) is 14.9. The number of hydrogen-bond donors (Lipinski definition) is 2. The van der Waals surface area contributed by atoms with Gasteiger partial charge in [-0.2, -0.15) is 0 Å². The summed E-state index contributed by atoms with van der Waals surface area (Å²) in [6.07, 6.45) is 4.69. The molecule has 3 rings (SSSR count). The molecule has 5 nitrogen and oxygen atoms in total. The summed E-state index contributed by atoms with van der Waals surface area (Å²) in [4.78, 5) is 13.7. The monoisotopic (exact) mass is 329 g/mol. The standard InChI is InChI=1S/C19H27N3O2/c1-12(2)21-18-17-7-5-6-14(16(17)8-9-20-18)10-15-11-22(13(3)4)19(23)24-15/h5-9,12-13,15,18,20-21H,10-11H2,1-4H3. The van der Waals surface area contributed by atoms with Crippen LogP contribution in [-0.2, 0) is 11.2 Å². The smallest absolute Gasteiger partial charge is 0.410 e. The predicted octanol–water partition coefficient (Wildman–Crippen LogP) is 3.03. The minimum Gasteiger partial charge on any atom is -0.444 e. The number of fused-ring (bicyclic) bond motifs is 1. The van der Waals surface area contributed by atoms with Crippen LogP contribution in [0.5, 0.6) is 0 Å². The van der Waals surface area contributed by atoms with Gasteiger partial charge in [-0.1, -0.05) is 18.2 Å². The molecule has 2 aliphatic rings. The fourth-order valence-electron chi connectivity index (χ4n) is 3.37. The Morgan fingerprint density at radius 2 is 2.12 bits per heavy atom. The van der Waals surface area contributed by atoms with Crippen LogP contribution in [0.25, 0.3) is 6.08 Å². The largest absolute Gasteiger partial charge is 0.444 e. The Balaban J connectivity index is 1.79. The third kappa shape index (κ3) is 3.41. The average Bonchev–Trinajstić information content (AvgIpc) is 2.88. The fourth-order valence-corrected chi connectivity index (χ4v) is 3.37. The summed E-state index contributed by atoms with van der Waals surface area (Å²) in [7, 11) is 0. The number of benzene rings is 1. The summed E-state index contributed by atoms with van der Waals surface area (Å²) >= 11 is 0. The summed E-state index contributed by atoms with van der Waals surface area (Å²) in [6, 6.07) is 6.93. The van der Waals surface area contributed by atoms with Gasteiger partial charge in [0.05, 0.1) is 6.54 Å². The molecule has 2 atom stereocenters. The molecule has 0 saturated carbocycles. The summed E-state index contributed by atoms with van der Waals surface area (Å²) < 4.78 is 5.55. The summed E-state index contributed by atoms with van der Waals surface area (Å²) in [5.41, 5.74) is 3.70. The minimum absolute atomic E-state index is 0.0776. The first kappa shape index (κ1) is 16.8. The van der Waals surface area contributed by atoms with Crippen LogP contribution in [0.1, 0.15) is 50.6 Å². The Kier molecular flexibility index (Phi) is 4.81. The molecule has 0 radical (unpaired) electrons. The molecule has 0 bridgehead atoms. The van der Waals surface area contributed by atoms with Crippen LogP contribution in [-0.4, -0.2) is 35.7 Å². The first-order chi connectivity index (χ1) is 11.5. The van der Waals surface area contributed by atoms with Gasteiger partial charge in [0.1, 0.15) is 12.3 Å². The highest BCUT2D eigenvalue weighted by molar-refractivity contribution is 5.70. The second kappa shape index (κ2) is 6.85. The van der Waals surface area contributed by atoms with Crippen molar-refractivity contribution < 1.29 is 9.53 Å². The molecule has 24 heavy (non-hydrogen) atoms. The summed E-state index contributed by atoms with van der Waals surface area (Å²) in [5.74, 6) is 0. The molecule has 130 valence electrons. The predicted molar refractivity (Wildman–Crippen MR) is 95.4 cm³/mol. The van der Waals surface area contributed by atoms with Gasteiger partial charge in [-0.15, -0.1) is 0 Å². The quantitative estimate of drug-likeness (QED) is 0.872. The van der Waals surface area contributed by atoms with Gasteiger partial charge in [0, 0.05) is 18.5 Å². The molecule has 1 amide bonds. The van der Waals surface area contributed by atoms with E-state index in [1.165, 1.54) is 16.7 Å². The van der Waals surface area contributed by atoms with Gasteiger partial charge in [0.25, 0.3) is 0 Å². The summed E-state index contributed by atoms with van der Waals surface area (Å²) in [6.45, 7) is 8.98. The van der Waals surface area contributed by atoms with E-state index in [1.807, 2.05) is 20.0 Å². The molecule has 2 N–H and O–H groups in total. The van der Waals surface area contributed by atoms with Crippen molar-refractivity contribution >= 4 is 12.2 Å². The Morgan fingerprint density at radius 3 is 2.79 bits per heavy atom. The lowest BCUT2D eigenvalue weighted by molar-refractivity contribution is 0.129. The van der Waals surface area contributed by atoms with Crippen LogP contribution in [0.15, 0.2) is 24.4 Å². The number of nitrogens with one attached hydrogen (secondary N) is 2. The van der Waals surface area contributed by atoms with Crippen molar-refractivity contribution in [1.29, 1.82) is 0 Å². The Bertz CT molecular complexity index is 639. The van der Waals surface area contributed by atoms with Gasteiger partial charge < -0.3 is 15.0 Å². The number of rotatable bonds is 5. The second-order valence-electron chi connectivity index (χ2n) is 7.13. The van der Waals surface area contributed by atoms with Gasteiger partial charge in [-0.05, 0) is 56.7 Å². The molecule has 2 unspecified atom stereocenters. The van der Waals surface area contributed by atoms with Gasteiger partial charge in [-0.25, -0.2) is 4.79 Å².